The number of ether oxygens (including phenoxy) is 2. The monoisotopic (exact) mass is 297 g/mol. The topological polar surface area (TPSA) is 62.2 Å². The number of aliphatic hydroxyl groups excluding tert-OH is 2. The van der Waals surface area contributed by atoms with E-state index in [0.29, 0.717) is 39.5 Å². The molecule has 1 rings (SSSR count). The third kappa shape index (κ3) is 7.43. The van der Waals surface area contributed by atoms with Crippen LogP contribution in [0, 0.1) is 0 Å². The second-order valence-electron chi connectivity index (χ2n) is 4.87. The molecule has 0 saturated carbocycles. The summed E-state index contributed by atoms with van der Waals surface area (Å²) in [4.78, 5) is 1.95. The van der Waals surface area contributed by atoms with Crippen molar-refractivity contribution in [3.05, 3.63) is 30.3 Å². The van der Waals surface area contributed by atoms with Gasteiger partial charge in [-0.2, -0.15) is 0 Å². The number of nitrogens with zero attached hydrogens (tertiary/aromatic N) is 1. The number of benzene rings is 1. The molecule has 2 atom stereocenters. The summed E-state index contributed by atoms with van der Waals surface area (Å²) in [6.07, 6.45) is -1.19. The molecule has 0 heterocycles. The third-order valence-corrected chi connectivity index (χ3v) is 3.01. The molecule has 5 heteroatoms. The van der Waals surface area contributed by atoms with E-state index in [1.165, 1.54) is 0 Å². The molecule has 0 amide bonds. The summed E-state index contributed by atoms with van der Waals surface area (Å²) in [5, 5.41) is 20.0. The molecule has 0 aromatic heterocycles. The SMILES string of the molecule is CCOCC(O)CN(CC(O)COCC)c1ccccc1. The summed E-state index contributed by atoms with van der Waals surface area (Å²) in [6.45, 7) is 6.36. The number of hydrogen-bond donors (Lipinski definition) is 2. The standard InChI is InChI=1S/C16H27NO4/c1-3-20-12-15(18)10-17(11-16(19)13-21-4-2)14-8-6-5-7-9-14/h5-9,15-16,18-19H,3-4,10-13H2,1-2H3. The van der Waals surface area contributed by atoms with Gasteiger partial charge >= 0.3 is 0 Å². The fourth-order valence-electron chi connectivity index (χ4n) is 2.05. The fraction of sp³-hybridized carbons (Fsp3) is 0.625. The first kappa shape index (κ1) is 17.9. The lowest BCUT2D eigenvalue weighted by Gasteiger charge is -2.29. The van der Waals surface area contributed by atoms with Crippen LogP contribution in [-0.2, 0) is 9.47 Å². The molecule has 1 aromatic carbocycles. The van der Waals surface area contributed by atoms with Gasteiger partial charge in [0.15, 0.2) is 0 Å². The van der Waals surface area contributed by atoms with Gasteiger partial charge in [-0.05, 0) is 26.0 Å². The quantitative estimate of drug-likeness (QED) is 0.644. The van der Waals surface area contributed by atoms with E-state index in [2.05, 4.69) is 0 Å². The van der Waals surface area contributed by atoms with Gasteiger partial charge in [-0.3, -0.25) is 0 Å². The zero-order chi connectivity index (χ0) is 15.5. The first-order chi connectivity index (χ1) is 10.2. The maximum atomic E-state index is 10.0. The van der Waals surface area contributed by atoms with Crippen LogP contribution in [0.5, 0.6) is 0 Å². The summed E-state index contributed by atoms with van der Waals surface area (Å²) in [7, 11) is 0. The Morgan fingerprint density at radius 2 is 1.38 bits per heavy atom. The van der Waals surface area contributed by atoms with Crippen molar-refractivity contribution in [2.75, 3.05) is 44.4 Å². The highest BCUT2D eigenvalue weighted by Gasteiger charge is 2.16. The number of hydrogen-bond acceptors (Lipinski definition) is 5. The zero-order valence-corrected chi connectivity index (χ0v) is 12.9. The van der Waals surface area contributed by atoms with Gasteiger partial charge in [-0.15, -0.1) is 0 Å². The van der Waals surface area contributed by atoms with Crippen LogP contribution in [0.3, 0.4) is 0 Å². The van der Waals surface area contributed by atoms with Crippen molar-refractivity contribution in [1.82, 2.24) is 0 Å². The van der Waals surface area contributed by atoms with Gasteiger partial charge in [0.1, 0.15) is 0 Å². The number of rotatable bonds is 11. The van der Waals surface area contributed by atoms with E-state index in [1.54, 1.807) is 0 Å². The lowest BCUT2D eigenvalue weighted by molar-refractivity contribution is 0.0353. The fourth-order valence-corrected chi connectivity index (χ4v) is 2.05. The van der Waals surface area contributed by atoms with Crippen LogP contribution in [-0.4, -0.2) is 61.9 Å². The molecular weight excluding hydrogens is 270 g/mol. The van der Waals surface area contributed by atoms with Gasteiger partial charge in [0, 0.05) is 32.0 Å². The summed E-state index contributed by atoms with van der Waals surface area (Å²) < 4.78 is 10.5. The van der Waals surface area contributed by atoms with Crippen LogP contribution in [0.2, 0.25) is 0 Å². The first-order valence-corrected chi connectivity index (χ1v) is 7.49. The molecule has 21 heavy (non-hydrogen) atoms. The summed E-state index contributed by atoms with van der Waals surface area (Å²) >= 11 is 0. The Hall–Kier alpha value is -1.14. The molecule has 0 aliphatic rings. The maximum absolute atomic E-state index is 10.0. The first-order valence-electron chi connectivity index (χ1n) is 7.49. The van der Waals surface area contributed by atoms with Crippen molar-refractivity contribution in [1.29, 1.82) is 0 Å². The van der Waals surface area contributed by atoms with Crippen LogP contribution in [0.4, 0.5) is 5.69 Å². The van der Waals surface area contributed by atoms with E-state index in [-0.39, 0.29) is 0 Å². The molecule has 1 aromatic rings. The van der Waals surface area contributed by atoms with E-state index >= 15 is 0 Å². The van der Waals surface area contributed by atoms with E-state index in [4.69, 9.17) is 9.47 Å². The largest absolute Gasteiger partial charge is 0.389 e. The molecule has 5 nitrogen and oxygen atoms in total. The van der Waals surface area contributed by atoms with Crippen LogP contribution < -0.4 is 4.90 Å². The highest BCUT2D eigenvalue weighted by Crippen LogP contribution is 2.14. The Balaban J connectivity index is 2.62. The second kappa shape index (κ2) is 10.6. The molecule has 2 N–H and O–H groups in total. The van der Waals surface area contributed by atoms with Gasteiger partial charge in [0.25, 0.3) is 0 Å². The summed E-state index contributed by atoms with van der Waals surface area (Å²) in [5.41, 5.74) is 0.962. The maximum Gasteiger partial charge on any atom is 0.0948 e. The Morgan fingerprint density at radius 1 is 0.905 bits per heavy atom. The predicted octanol–water partition coefficient (Wildman–Crippen LogP) is 1.29. The Labute approximate surface area is 127 Å². The highest BCUT2D eigenvalue weighted by molar-refractivity contribution is 5.46. The number of aliphatic hydroxyl groups is 2. The summed E-state index contributed by atoms with van der Waals surface area (Å²) in [5.74, 6) is 0. The van der Waals surface area contributed by atoms with Crippen LogP contribution in [0.15, 0.2) is 30.3 Å². The van der Waals surface area contributed by atoms with Crippen molar-refractivity contribution in [3.63, 3.8) is 0 Å². The normalized spacial score (nSPS) is 13.9. The van der Waals surface area contributed by atoms with E-state index < -0.39 is 12.2 Å². The minimum Gasteiger partial charge on any atom is -0.389 e. The van der Waals surface area contributed by atoms with Crippen molar-refractivity contribution in [3.8, 4) is 0 Å². The molecule has 0 aliphatic carbocycles. The van der Waals surface area contributed by atoms with Crippen molar-refractivity contribution in [2.45, 2.75) is 26.1 Å². The van der Waals surface area contributed by atoms with Crippen LogP contribution in [0.1, 0.15) is 13.8 Å². The van der Waals surface area contributed by atoms with E-state index in [1.807, 2.05) is 49.1 Å². The van der Waals surface area contributed by atoms with Gasteiger partial charge in [-0.25, -0.2) is 0 Å². The van der Waals surface area contributed by atoms with Crippen molar-refractivity contribution < 1.29 is 19.7 Å². The highest BCUT2D eigenvalue weighted by atomic mass is 16.5. The Morgan fingerprint density at radius 3 is 1.81 bits per heavy atom. The van der Waals surface area contributed by atoms with Crippen molar-refractivity contribution in [2.24, 2.45) is 0 Å². The van der Waals surface area contributed by atoms with Gasteiger partial charge < -0.3 is 24.6 Å². The molecule has 0 fully saturated rings. The van der Waals surface area contributed by atoms with Gasteiger partial charge in [0.2, 0.25) is 0 Å². The molecular formula is C16H27NO4. The molecule has 0 aliphatic heterocycles. The minimum absolute atomic E-state index is 0.293. The smallest absolute Gasteiger partial charge is 0.0948 e. The average molecular weight is 297 g/mol. The molecule has 0 saturated heterocycles. The summed E-state index contributed by atoms with van der Waals surface area (Å²) in [6, 6.07) is 9.73. The number of para-hydroxylation sites is 1. The zero-order valence-electron chi connectivity index (χ0n) is 12.9. The van der Waals surface area contributed by atoms with E-state index in [0.717, 1.165) is 5.69 Å². The third-order valence-electron chi connectivity index (χ3n) is 3.01. The lowest BCUT2D eigenvalue weighted by Crippen LogP contribution is -2.41. The van der Waals surface area contributed by atoms with Crippen LogP contribution >= 0.6 is 0 Å². The molecule has 0 bridgehead atoms. The van der Waals surface area contributed by atoms with Crippen molar-refractivity contribution >= 4 is 5.69 Å². The Kier molecular flexibility index (Phi) is 9.01. The van der Waals surface area contributed by atoms with Gasteiger partial charge in [-0.1, -0.05) is 18.2 Å². The average Bonchev–Trinajstić information content (AvgIpc) is 2.51. The molecule has 0 radical (unpaired) electrons. The molecule has 0 spiro atoms. The molecule has 2 unspecified atom stereocenters. The van der Waals surface area contributed by atoms with E-state index in [9.17, 15) is 10.2 Å². The second-order valence-corrected chi connectivity index (χ2v) is 4.87. The molecule has 120 valence electrons. The van der Waals surface area contributed by atoms with Gasteiger partial charge in [0.05, 0.1) is 25.4 Å². The lowest BCUT2D eigenvalue weighted by atomic mass is 10.2. The number of anilines is 1. The predicted molar refractivity (Wildman–Crippen MR) is 83.7 cm³/mol. The van der Waals surface area contributed by atoms with Crippen LogP contribution in [0.25, 0.3) is 0 Å². The Bertz CT molecular complexity index is 345. The minimum atomic E-state index is -0.593.